The number of aliphatic hydroxyl groups is 1. The van der Waals surface area contributed by atoms with Crippen molar-refractivity contribution in [3.05, 3.63) is 23.2 Å². The first-order chi connectivity index (χ1) is 7.98. The molecule has 2 rings (SSSR count). The van der Waals surface area contributed by atoms with Gasteiger partial charge in [-0.05, 0) is 0 Å². The Hall–Kier alpha value is -1.96. The Balaban J connectivity index is 2.23. The summed E-state index contributed by atoms with van der Waals surface area (Å²) < 4.78 is 9.82. The predicted octanol–water partition coefficient (Wildman–Crippen LogP) is 2.26. The highest BCUT2D eigenvalue weighted by molar-refractivity contribution is 7.13. The molecule has 0 amide bonds. The van der Waals surface area contributed by atoms with Crippen molar-refractivity contribution in [3.8, 4) is 0 Å². The van der Waals surface area contributed by atoms with Gasteiger partial charge in [0.15, 0.2) is 0 Å². The number of thiazole rings is 1. The summed E-state index contributed by atoms with van der Waals surface area (Å²) in [7, 11) is 0. The molecule has 7 nitrogen and oxygen atoms in total. The molecule has 0 radical (unpaired) electrons. The smallest absolute Gasteiger partial charge is 0.369 e. The maximum absolute atomic E-state index is 11.5. The van der Waals surface area contributed by atoms with Gasteiger partial charge in [0.1, 0.15) is 0 Å². The summed E-state index contributed by atoms with van der Waals surface area (Å²) in [5.74, 6) is -2.60. The zero-order valence-corrected chi connectivity index (χ0v) is 9.89. The maximum atomic E-state index is 11.5. The first kappa shape index (κ1) is 11.5. The standard InChI is InChI=1S/C9H9N3O4S/c1-9(2)15-6(13)5(7(14)16-9)11-12-8-10-3-4-17-8/h3-4,13H,1-2H3. The Morgan fingerprint density at radius 1 is 1.41 bits per heavy atom. The molecule has 0 atom stereocenters. The Bertz CT molecular complexity index is 492. The molecular weight excluding hydrogens is 246 g/mol. The van der Waals surface area contributed by atoms with E-state index in [1.54, 1.807) is 11.6 Å². The maximum Gasteiger partial charge on any atom is 0.369 e. The van der Waals surface area contributed by atoms with Crippen molar-refractivity contribution in [2.24, 2.45) is 10.2 Å². The van der Waals surface area contributed by atoms with Gasteiger partial charge in [0.05, 0.1) is 0 Å². The second-order valence-corrected chi connectivity index (χ2v) is 4.43. The van der Waals surface area contributed by atoms with E-state index in [-0.39, 0.29) is 5.70 Å². The van der Waals surface area contributed by atoms with Crippen LogP contribution in [0.2, 0.25) is 0 Å². The van der Waals surface area contributed by atoms with Gasteiger partial charge in [-0.2, -0.15) is 0 Å². The van der Waals surface area contributed by atoms with Gasteiger partial charge >= 0.3 is 11.9 Å². The molecule has 8 heteroatoms. The summed E-state index contributed by atoms with van der Waals surface area (Å²) in [6, 6.07) is 0. The number of hydrogen-bond acceptors (Lipinski definition) is 8. The third kappa shape index (κ3) is 2.59. The number of ether oxygens (including phenoxy) is 2. The van der Waals surface area contributed by atoms with E-state index in [4.69, 9.17) is 9.47 Å². The number of cyclic esters (lactones) is 1. The molecule has 1 aliphatic rings. The molecule has 1 aliphatic heterocycles. The molecule has 0 bridgehead atoms. The van der Waals surface area contributed by atoms with Gasteiger partial charge < -0.3 is 14.6 Å². The van der Waals surface area contributed by atoms with Gasteiger partial charge in [0, 0.05) is 25.4 Å². The lowest BCUT2D eigenvalue weighted by molar-refractivity contribution is -0.222. The number of nitrogens with zero attached hydrogens (tertiary/aromatic N) is 3. The van der Waals surface area contributed by atoms with E-state index in [0.29, 0.717) is 5.13 Å². The third-order valence-electron chi connectivity index (χ3n) is 1.73. The van der Waals surface area contributed by atoms with Gasteiger partial charge in [0.25, 0.3) is 11.5 Å². The average molecular weight is 255 g/mol. The van der Waals surface area contributed by atoms with Crippen LogP contribution in [0.5, 0.6) is 0 Å². The van der Waals surface area contributed by atoms with Gasteiger partial charge in [0.2, 0.25) is 5.13 Å². The highest BCUT2D eigenvalue weighted by atomic mass is 32.1. The van der Waals surface area contributed by atoms with Crippen molar-refractivity contribution in [2.45, 2.75) is 19.6 Å². The number of aromatic nitrogens is 1. The van der Waals surface area contributed by atoms with Crippen LogP contribution in [-0.4, -0.2) is 21.8 Å². The Labute approximate surface area is 100 Å². The number of rotatable bonds is 2. The van der Waals surface area contributed by atoms with Crippen LogP contribution in [0.4, 0.5) is 5.13 Å². The lowest BCUT2D eigenvalue weighted by Gasteiger charge is -2.28. The minimum Gasteiger partial charge on any atom is -0.479 e. The number of hydrogen-bond donors (Lipinski definition) is 1. The van der Waals surface area contributed by atoms with Gasteiger partial charge in [-0.3, -0.25) is 0 Å². The van der Waals surface area contributed by atoms with Crippen molar-refractivity contribution >= 4 is 22.4 Å². The molecule has 1 aromatic heterocycles. The average Bonchev–Trinajstić information content (AvgIpc) is 2.67. The van der Waals surface area contributed by atoms with E-state index in [9.17, 15) is 9.90 Å². The summed E-state index contributed by atoms with van der Waals surface area (Å²) in [5, 5.41) is 18.8. The van der Waals surface area contributed by atoms with Crippen LogP contribution < -0.4 is 0 Å². The molecular formula is C9H9N3O4S. The molecule has 0 unspecified atom stereocenters. The van der Waals surface area contributed by atoms with Crippen LogP contribution in [-0.2, 0) is 14.3 Å². The first-order valence-electron chi connectivity index (χ1n) is 4.65. The van der Waals surface area contributed by atoms with Crippen LogP contribution in [0.15, 0.2) is 33.4 Å². The number of carbonyl (C=O) groups is 1. The van der Waals surface area contributed by atoms with Gasteiger partial charge in [-0.1, -0.05) is 0 Å². The molecule has 0 saturated carbocycles. The zero-order chi connectivity index (χ0) is 12.5. The highest BCUT2D eigenvalue weighted by Crippen LogP contribution is 2.27. The van der Waals surface area contributed by atoms with Crippen LogP contribution in [0.1, 0.15) is 13.8 Å². The SMILES string of the molecule is CC1(C)OC(=O)C(N=Nc2nccs2)=C(O)O1. The van der Waals surface area contributed by atoms with Gasteiger partial charge in [-0.15, -0.1) is 21.6 Å². The second kappa shape index (κ2) is 4.13. The Kier molecular flexibility index (Phi) is 2.80. The molecule has 0 fully saturated rings. The predicted molar refractivity (Wildman–Crippen MR) is 57.5 cm³/mol. The molecule has 90 valence electrons. The summed E-state index contributed by atoms with van der Waals surface area (Å²) in [4.78, 5) is 15.3. The van der Waals surface area contributed by atoms with Crippen molar-refractivity contribution in [1.29, 1.82) is 0 Å². The zero-order valence-electron chi connectivity index (χ0n) is 9.08. The normalized spacial score (nSPS) is 19.3. The number of aliphatic hydroxyl groups excluding tert-OH is 1. The van der Waals surface area contributed by atoms with Crippen LogP contribution in [0.3, 0.4) is 0 Å². The number of azo groups is 1. The van der Waals surface area contributed by atoms with Crippen molar-refractivity contribution in [1.82, 2.24) is 4.98 Å². The lowest BCUT2D eigenvalue weighted by atomic mass is 10.3. The summed E-state index contributed by atoms with van der Waals surface area (Å²) in [6.45, 7) is 2.99. The minimum absolute atomic E-state index is 0.364. The minimum atomic E-state index is -1.21. The second-order valence-electron chi connectivity index (χ2n) is 3.56. The molecule has 17 heavy (non-hydrogen) atoms. The van der Waals surface area contributed by atoms with Crippen molar-refractivity contribution in [3.63, 3.8) is 0 Å². The fourth-order valence-electron chi connectivity index (χ4n) is 1.10. The fourth-order valence-corrected chi connectivity index (χ4v) is 1.56. The van der Waals surface area contributed by atoms with E-state index in [1.807, 2.05) is 0 Å². The number of esters is 1. The Morgan fingerprint density at radius 2 is 2.18 bits per heavy atom. The van der Waals surface area contributed by atoms with E-state index in [2.05, 4.69) is 15.2 Å². The van der Waals surface area contributed by atoms with Crippen LogP contribution in [0.25, 0.3) is 0 Å². The molecule has 0 aliphatic carbocycles. The third-order valence-corrected chi connectivity index (χ3v) is 2.39. The highest BCUT2D eigenvalue weighted by Gasteiger charge is 2.36. The fraction of sp³-hybridized carbons (Fsp3) is 0.333. The van der Waals surface area contributed by atoms with E-state index in [1.165, 1.54) is 25.2 Å². The van der Waals surface area contributed by atoms with Crippen molar-refractivity contribution in [2.75, 3.05) is 0 Å². The molecule has 0 saturated heterocycles. The quantitative estimate of drug-likeness (QED) is 0.646. The monoisotopic (exact) mass is 255 g/mol. The first-order valence-corrected chi connectivity index (χ1v) is 5.53. The van der Waals surface area contributed by atoms with E-state index >= 15 is 0 Å². The summed E-state index contributed by atoms with van der Waals surface area (Å²) in [5.41, 5.74) is -0.375. The van der Waals surface area contributed by atoms with Gasteiger partial charge in [-0.25, -0.2) is 9.78 Å². The largest absolute Gasteiger partial charge is 0.479 e. The van der Waals surface area contributed by atoms with Crippen molar-refractivity contribution < 1.29 is 19.4 Å². The van der Waals surface area contributed by atoms with E-state index in [0.717, 1.165) is 0 Å². The summed E-state index contributed by atoms with van der Waals surface area (Å²) in [6.07, 6.45) is 1.55. The summed E-state index contributed by atoms with van der Waals surface area (Å²) >= 11 is 1.25. The molecule has 0 spiro atoms. The molecule has 2 heterocycles. The lowest BCUT2D eigenvalue weighted by Crippen LogP contribution is -2.36. The van der Waals surface area contributed by atoms with E-state index < -0.39 is 17.7 Å². The molecule has 1 N–H and O–H groups in total. The van der Waals surface area contributed by atoms with Crippen LogP contribution >= 0.6 is 11.3 Å². The molecule has 0 aromatic carbocycles. The van der Waals surface area contributed by atoms with Crippen LogP contribution in [0, 0.1) is 0 Å². The topological polar surface area (TPSA) is 93.4 Å². The molecule has 1 aromatic rings. The Morgan fingerprint density at radius 3 is 2.76 bits per heavy atom. The number of carbonyl (C=O) groups excluding carboxylic acids is 1.